The number of carbonyl (C=O) groups excluding carboxylic acids is 1. The van der Waals surface area contributed by atoms with Crippen molar-refractivity contribution in [3.05, 3.63) is 23.8 Å². The fourth-order valence-corrected chi connectivity index (χ4v) is 1.96. The molecule has 5 heteroatoms. The summed E-state index contributed by atoms with van der Waals surface area (Å²) in [6, 6.07) is 5.45. The van der Waals surface area contributed by atoms with Gasteiger partial charge in [0.1, 0.15) is 0 Å². The van der Waals surface area contributed by atoms with E-state index in [-0.39, 0.29) is 18.0 Å². The highest BCUT2D eigenvalue weighted by molar-refractivity contribution is 5.77. The molecule has 2 atom stereocenters. The molecule has 3 N–H and O–H groups in total. The van der Waals surface area contributed by atoms with Gasteiger partial charge in [-0.1, -0.05) is 13.0 Å². The SMILES string of the molecule is CCCOc1ccc(C(C)NC(=O)CC(C)N)cc1OC. The fraction of sp³-hybridized carbons (Fsp3) is 0.562. The summed E-state index contributed by atoms with van der Waals surface area (Å²) in [5, 5.41) is 2.93. The first-order chi connectivity index (χ1) is 9.97. The molecule has 0 fully saturated rings. The predicted molar refractivity (Wildman–Crippen MR) is 83.6 cm³/mol. The van der Waals surface area contributed by atoms with Crippen LogP contribution < -0.4 is 20.5 Å². The van der Waals surface area contributed by atoms with E-state index in [1.165, 1.54) is 0 Å². The number of benzene rings is 1. The molecule has 5 nitrogen and oxygen atoms in total. The van der Waals surface area contributed by atoms with Crippen molar-refractivity contribution in [2.45, 2.75) is 45.7 Å². The summed E-state index contributed by atoms with van der Waals surface area (Å²) in [5.41, 5.74) is 6.59. The molecule has 118 valence electrons. The van der Waals surface area contributed by atoms with Gasteiger partial charge in [-0.3, -0.25) is 4.79 Å². The molecule has 0 aliphatic carbocycles. The van der Waals surface area contributed by atoms with Crippen LogP contribution in [0.15, 0.2) is 18.2 Å². The molecule has 0 aromatic heterocycles. The molecule has 1 aromatic carbocycles. The Hall–Kier alpha value is -1.75. The van der Waals surface area contributed by atoms with Crippen LogP contribution in [-0.2, 0) is 4.79 Å². The van der Waals surface area contributed by atoms with Crippen molar-refractivity contribution in [2.75, 3.05) is 13.7 Å². The van der Waals surface area contributed by atoms with Crippen LogP contribution in [0.25, 0.3) is 0 Å². The number of rotatable bonds is 8. The first kappa shape index (κ1) is 17.3. The van der Waals surface area contributed by atoms with Gasteiger partial charge in [-0.25, -0.2) is 0 Å². The lowest BCUT2D eigenvalue weighted by Gasteiger charge is -2.17. The second-order valence-corrected chi connectivity index (χ2v) is 5.23. The van der Waals surface area contributed by atoms with Crippen LogP contribution in [-0.4, -0.2) is 25.7 Å². The van der Waals surface area contributed by atoms with Crippen LogP contribution in [0.2, 0.25) is 0 Å². The van der Waals surface area contributed by atoms with E-state index >= 15 is 0 Å². The van der Waals surface area contributed by atoms with Gasteiger partial charge in [0.15, 0.2) is 11.5 Å². The lowest BCUT2D eigenvalue weighted by atomic mass is 10.1. The highest BCUT2D eigenvalue weighted by Crippen LogP contribution is 2.30. The second-order valence-electron chi connectivity index (χ2n) is 5.23. The van der Waals surface area contributed by atoms with Gasteiger partial charge >= 0.3 is 0 Å². The van der Waals surface area contributed by atoms with Crippen LogP contribution in [0.1, 0.15) is 45.2 Å². The number of nitrogens with two attached hydrogens (primary N) is 1. The monoisotopic (exact) mass is 294 g/mol. The van der Waals surface area contributed by atoms with E-state index in [4.69, 9.17) is 15.2 Å². The molecule has 0 bridgehead atoms. The van der Waals surface area contributed by atoms with Crippen molar-refractivity contribution in [2.24, 2.45) is 5.73 Å². The Bertz CT molecular complexity index is 461. The Balaban J connectivity index is 2.76. The smallest absolute Gasteiger partial charge is 0.222 e. The van der Waals surface area contributed by atoms with Crippen molar-refractivity contribution in [3.8, 4) is 11.5 Å². The minimum atomic E-state index is -0.142. The van der Waals surface area contributed by atoms with Gasteiger partial charge in [-0.15, -0.1) is 0 Å². The van der Waals surface area contributed by atoms with Crippen LogP contribution in [0.3, 0.4) is 0 Å². The minimum absolute atomic E-state index is 0.0530. The van der Waals surface area contributed by atoms with Gasteiger partial charge in [-0.05, 0) is 38.0 Å². The number of methoxy groups -OCH3 is 1. The predicted octanol–water partition coefficient (Wildman–Crippen LogP) is 2.40. The molecular formula is C16H26N2O3. The second kappa shape index (κ2) is 8.52. The van der Waals surface area contributed by atoms with Crippen molar-refractivity contribution in [3.63, 3.8) is 0 Å². The third kappa shape index (κ3) is 5.63. The highest BCUT2D eigenvalue weighted by Gasteiger charge is 2.13. The van der Waals surface area contributed by atoms with E-state index in [1.807, 2.05) is 32.0 Å². The average molecular weight is 294 g/mol. The molecule has 0 aliphatic heterocycles. The largest absolute Gasteiger partial charge is 0.493 e. The fourth-order valence-electron chi connectivity index (χ4n) is 1.96. The highest BCUT2D eigenvalue weighted by atomic mass is 16.5. The molecule has 1 amide bonds. The number of nitrogens with one attached hydrogen (secondary N) is 1. The molecule has 21 heavy (non-hydrogen) atoms. The summed E-state index contributed by atoms with van der Waals surface area (Å²) in [5.74, 6) is 1.34. The zero-order valence-electron chi connectivity index (χ0n) is 13.3. The molecule has 0 spiro atoms. The lowest BCUT2D eigenvalue weighted by molar-refractivity contribution is -0.122. The van der Waals surface area contributed by atoms with Crippen molar-refractivity contribution >= 4 is 5.91 Å². The molecule has 2 unspecified atom stereocenters. The molecule has 0 heterocycles. The number of hydrogen-bond donors (Lipinski definition) is 2. The third-order valence-electron chi connectivity index (χ3n) is 3.03. The Morgan fingerprint density at radius 2 is 2.05 bits per heavy atom. The van der Waals surface area contributed by atoms with Crippen molar-refractivity contribution in [1.29, 1.82) is 0 Å². The minimum Gasteiger partial charge on any atom is -0.493 e. The Kier molecular flexibility index (Phi) is 7.02. The maximum atomic E-state index is 11.8. The lowest BCUT2D eigenvalue weighted by Crippen LogP contribution is -2.31. The number of amides is 1. The molecule has 0 aliphatic rings. The van der Waals surface area contributed by atoms with Gasteiger partial charge in [0.2, 0.25) is 5.91 Å². The molecule has 0 radical (unpaired) electrons. The van der Waals surface area contributed by atoms with Crippen molar-refractivity contribution in [1.82, 2.24) is 5.32 Å². The summed E-state index contributed by atoms with van der Waals surface area (Å²) in [6.07, 6.45) is 1.26. The maximum Gasteiger partial charge on any atom is 0.222 e. The van der Waals surface area contributed by atoms with E-state index < -0.39 is 0 Å². The van der Waals surface area contributed by atoms with Gasteiger partial charge in [0.05, 0.1) is 19.8 Å². The summed E-state index contributed by atoms with van der Waals surface area (Å²) in [4.78, 5) is 11.8. The average Bonchev–Trinajstić information content (AvgIpc) is 2.43. The van der Waals surface area contributed by atoms with Gasteiger partial charge in [-0.2, -0.15) is 0 Å². The van der Waals surface area contributed by atoms with E-state index in [0.717, 1.165) is 17.7 Å². The maximum absolute atomic E-state index is 11.8. The topological polar surface area (TPSA) is 73.6 Å². The summed E-state index contributed by atoms with van der Waals surface area (Å²) >= 11 is 0. The zero-order chi connectivity index (χ0) is 15.8. The molecule has 0 saturated heterocycles. The van der Waals surface area contributed by atoms with Crippen LogP contribution in [0.4, 0.5) is 0 Å². The molecule has 1 rings (SSSR count). The Morgan fingerprint density at radius 1 is 1.33 bits per heavy atom. The van der Waals surface area contributed by atoms with E-state index in [9.17, 15) is 4.79 Å². The molecule has 1 aromatic rings. The summed E-state index contributed by atoms with van der Waals surface area (Å²) < 4.78 is 11.0. The summed E-state index contributed by atoms with van der Waals surface area (Å²) in [7, 11) is 1.61. The van der Waals surface area contributed by atoms with Crippen LogP contribution in [0, 0.1) is 0 Å². The van der Waals surface area contributed by atoms with Gasteiger partial charge < -0.3 is 20.5 Å². The third-order valence-corrected chi connectivity index (χ3v) is 3.03. The number of hydrogen-bond acceptors (Lipinski definition) is 4. The quantitative estimate of drug-likeness (QED) is 0.772. The van der Waals surface area contributed by atoms with Gasteiger partial charge in [0, 0.05) is 12.5 Å². The standard InChI is InChI=1S/C16H26N2O3/c1-5-8-21-14-7-6-13(10-15(14)20-4)12(3)18-16(19)9-11(2)17/h6-7,10-12H,5,8-9,17H2,1-4H3,(H,18,19). The Labute approximate surface area is 126 Å². The normalized spacial score (nSPS) is 13.4. The van der Waals surface area contributed by atoms with Crippen LogP contribution in [0.5, 0.6) is 11.5 Å². The van der Waals surface area contributed by atoms with Crippen LogP contribution >= 0.6 is 0 Å². The molecule has 0 saturated carbocycles. The van der Waals surface area contributed by atoms with E-state index in [2.05, 4.69) is 12.2 Å². The van der Waals surface area contributed by atoms with Crippen molar-refractivity contribution < 1.29 is 14.3 Å². The number of ether oxygens (including phenoxy) is 2. The van der Waals surface area contributed by atoms with Gasteiger partial charge in [0.25, 0.3) is 0 Å². The Morgan fingerprint density at radius 3 is 2.62 bits per heavy atom. The molecular weight excluding hydrogens is 268 g/mol. The number of carbonyl (C=O) groups is 1. The first-order valence-corrected chi connectivity index (χ1v) is 7.33. The van der Waals surface area contributed by atoms with E-state index in [0.29, 0.717) is 18.8 Å². The summed E-state index contributed by atoms with van der Waals surface area (Å²) in [6.45, 7) is 6.45. The van der Waals surface area contributed by atoms with E-state index in [1.54, 1.807) is 7.11 Å². The first-order valence-electron chi connectivity index (χ1n) is 7.33. The zero-order valence-corrected chi connectivity index (χ0v) is 13.3.